The van der Waals surface area contributed by atoms with Crippen LogP contribution in [0.15, 0.2) is 30.3 Å². The van der Waals surface area contributed by atoms with E-state index in [1.807, 2.05) is 28.9 Å². The van der Waals surface area contributed by atoms with E-state index < -0.39 is 0 Å². The Morgan fingerprint density at radius 1 is 1.11 bits per heavy atom. The zero-order chi connectivity index (χ0) is 14.2. The summed E-state index contributed by atoms with van der Waals surface area (Å²) in [5.74, 6) is 0.430. The van der Waals surface area contributed by atoms with Crippen molar-refractivity contribution in [2.45, 2.75) is 46.0 Å². The highest BCUT2D eigenvalue weighted by atomic mass is 35.5. The van der Waals surface area contributed by atoms with Gasteiger partial charge in [-0.2, -0.15) is 5.10 Å². The van der Waals surface area contributed by atoms with Crippen LogP contribution < -0.4 is 0 Å². The van der Waals surface area contributed by atoms with E-state index in [9.17, 15) is 0 Å². The lowest BCUT2D eigenvalue weighted by molar-refractivity contribution is 0.559. The average molecular weight is 277 g/mol. The summed E-state index contributed by atoms with van der Waals surface area (Å²) in [6.07, 6.45) is 0. The first-order valence-corrected chi connectivity index (χ1v) is 7.03. The Morgan fingerprint density at radius 2 is 1.68 bits per heavy atom. The third-order valence-corrected chi connectivity index (χ3v) is 3.42. The molecule has 102 valence electrons. The Kier molecular flexibility index (Phi) is 3.73. The molecule has 0 aliphatic carbocycles. The maximum atomic E-state index is 5.95. The van der Waals surface area contributed by atoms with E-state index in [-0.39, 0.29) is 5.41 Å². The summed E-state index contributed by atoms with van der Waals surface area (Å²) in [5.41, 5.74) is 3.46. The van der Waals surface area contributed by atoms with Gasteiger partial charge in [0.15, 0.2) is 0 Å². The van der Waals surface area contributed by atoms with E-state index in [2.05, 4.69) is 40.7 Å². The van der Waals surface area contributed by atoms with Crippen molar-refractivity contribution in [3.05, 3.63) is 46.7 Å². The lowest BCUT2D eigenvalue weighted by Gasteiger charge is -2.14. The molecule has 1 heterocycles. The van der Waals surface area contributed by atoms with Gasteiger partial charge in [0.2, 0.25) is 0 Å². The fraction of sp³-hybridized carbons (Fsp3) is 0.438. The van der Waals surface area contributed by atoms with Crippen LogP contribution in [0.1, 0.15) is 51.9 Å². The van der Waals surface area contributed by atoms with E-state index in [0.717, 1.165) is 16.4 Å². The van der Waals surface area contributed by atoms with Crippen LogP contribution in [0.5, 0.6) is 0 Å². The second-order valence-corrected chi connectivity index (χ2v) is 6.68. The van der Waals surface area contributed by atoms with Crippen LogP contribution in [0.4, 0.5) is 0 Å². The van der Waals surface area contributed by atoms with E-state index in [1.54, 1.807) is 0 Å². The second-order valence-electron chi connectivity index (χ2n) is 6.25. The summed E-state index contributed by atoms with van der Waals surface area (Å²) in [6, 6.07) is 10.0. The molecule has 0 aliphatic rings. The zero-order valence-electron chi connectivity index (χ0n) is 12.2. The topological polar surface area (TPSA) is 17.8 Å². The normalized spacial score (nSPS) is 12.2. The third-order valence-electron chi connectivity index (χ3n) is 3.17. The van der Waals surface area contributed by atoms with Gasteiger partial charge in [-0.05, 0) is 36.2 Å². The number of rotatable bonds is 2. The molecule has 2 rings (SSSR count). The predicted molar refractivity (Wildman–Crippen MR) is 81.4 cm³/mol. The molecule has 1 aromatic heterocycles. The predicted octanol–water partition coefficient (Wildman–Crippen LogP) is 4.95. The highest BCUT2D eigenvalue weighted by molar-refractivity contribution is 6.30. The van der Waals surface area contributed by atoms with E-state index >= 15 is 0 Å². The van der Waals surface area contributed by atoms with Gasteiger partial charge in [0.05, 0.1) is 11.4 Å². The minimum Gasteiger partial charge on any atom is -0.237 e. The Bertz CT molecular complexity index is 559. The van der Waals surface area contributed by atoms with Gasteiger partial charge in [0.25, 0.3) is 0 Å². The number of aromatic nitrogens is 2. The van der Waals surface area contributed by atoms with Crippen molar-refractivity contribution in [3.63, 3.8) is 0 Å². The molecule has 0 aliphatic heterocycles. The van der Waals surface area contributed by atoms with Crippen molar-refractivity contribution >= 4 is 11.6 Å². The van der Waals surface area contributed by atoms with Crippen LogP contribution in [0, 0.1) is 0 Å². The van der Waals surface area contributed by atoms with E-state index in [1.165, 1.54) is 5.69 Å². The molecule has 0 fully saturated rings. The van der Waals surface area contributed by atoms with Gasteiger partial charge in [-0.25, -0.2) is 4.68 Å². The molecule has 3 heteroatoms. The summed E-state index contributed by atoms with van der Waals surface area (Å²) in [4.78, 5) is 0. The number of nitrogens with zero attached hydrogens (tertiary/aromatic N) is 2. The highest BCUT2D eigenvalue weighted by Gasteiger charge is 2.21. The molecule has 2 aromatic rings. The van der Waals surface area contributed by atoms with Gasteiger partial charge in [-0.1, -0.05) is 46.2 Å². The molecule has 0 unspecified atom stereocenters. The van der Waals surface area contributed by atoms with Crippen LogP contribution in [0.3, 0.4) is 0 Å². The Morgan fingerprint density at radius 3 is 2.16 bits per heavy atom. The standard InChI is InChI=1S/C16H21ClN2/c1-11(2)14-10-15(16(3,4)5)18-19(14)13-8-6-12(17)7-9-13/h6-11H,1-5H3. The lowest BCUT2D eigenvalue weighted by atomic mass is 9.91. The van der Waals surface area contributed by atoms with Crippen LogP contribution in [-0.2, 0) is 5.41 Å². The molecule has 1 aromatic carbocycles. The first-order chi connectivity index (χ1) is 8.79. The third kappa shape index (κ3) is 3.01. The molecule has 19 heavy (non-hydrogen) atoms. The van der Waals surface area contributed by atoms with Gasteiger partial charge in [0.1, 0.15) is 0 Å². The Balaban J connectivity index is 2.55. The smallest absolute Gasteiger partial charge is 0.0685 e. The molecule has 0 saturated heterocycles. The molecular formula is C16H21ClN2. The Labute approximate surface area is 120 Å². The number of benzene rings is 1. The van der Waals surface area contributed by atoms with Crippen molar-refractivity contribution in [1.29, 1.82) is 0 Å². The second kappa shape index (κ2) is 5.01. The largest absolute Gasteiger partial charge is 0.237 e. The maximum absolute atomic E-state index is 5.95. The zero-order valence-corrected chi connectivity index (χ0v) is 13.0. The van der Waals surface area contributed by atoms with Crippen molar-refractivity contribution in [1.82, 2.24) is 9.78 Å². The molecule has 0 saturated carbocycles. The number of hydrogen-bond donors (Lipinski definition) is 0. The van der Waals surface area contributed by atoms with E-state index in [4.69, 9.17) is 16.7 Å². The van der Waals surface area contributed by atoms with Crippen LogP contribution in [-0.4, -0.2) is 9.78 Å². The van der Waals surface area contributed by atoms with Gasteiger partial charge >= 0.3 is 0 Å². The molecule has 0 atom stereocenters. The maximum Gasteiger partial charge on any atom is 0.0685 e. The molecule has 0 N–H and O–H groups in total. The number of halogens is 1. The van der Waals surface area contributed by atoms with Gasteiger partial charge in [-0.15, -0.1) is 0 Å². The monoisotopic (exact) mass is 276 g/mol. The highest BCUT2D eigenvalue weighted by Crippen LogP contribution is 2.27. The summed E-state index contributed by atoms with van der Waals surface area (Å²) >= 11 is 5.95. The molecule has 2 nitrogen and oxygen atoms in total. The SMILES string of the molecule is CC(C)c1cc(C(C)(C)C)nn1-c1ccc(Cl)cc1. The van der Waals surface area contributed by atoms with Crippen molar-refractivity contribution in [2.75, 3.05) is 0 Å². The van der Waals surface area contributed by atoms with Crippen molar-refractivity contribution in [3.8, 4) is 5.69 Å². The van der Waals surface area contributed by atoms with Crippen molar-refractivity contribution in [2.24, 2.45) is 0 Å². The fourth-order valence-electron chi connectivity index (χ4n) is 1.96. The number of hydrogen-bond acceptors (Lipinski definition) is 1. The summed E-state index contributed by atoms with van der Waals surface area (Å²) < 4.78 is 2.03. The fourth-order valence-corrected chi connectivity index (χ4v) is 2.09. The first kappa shape index (κ1) is 14.1. The van der Waals surface area contributed by atoms with E-state index in [0.29, 0.717) is 5.92 Å². The molecular weight excluding hydrogens is 256 g/mol. The average Bonchev–Trinajstić information content (AvgIpc) is 2.74. The van der Waals surface area contributed by atoms with Crippen LogP contribution in [0.25, 0.3) is 5.69 Å². The first-order valence-electron chi connectivity index (χ1n) is 6.65. The summed E-state index contributed by atoms with van der Waals surface area (Å²) in [5, 5.41) is 5.52. The van der Waals surface area contributed by atoms with Crippen LogP contribution in [0.2, 0.25) is 5.02 Å². The van der Waals surface area contributed by atoms with Gasteiger partial charge in [-0.3, -0.25) is 0 Å². The van der Waals surface area contributed by atoms with Crippen LogP contribution >= 0.6 is 11.6 Å². The molecule has 0 spiro atoms. The molecule has 0 bridgehead atoms. The van der Waals surface area contributed by atoms with Gasteiger partial charge in [0, 0.05) is 16.1 Å². The Hall–Kier alpha value is -1.28. The quantitative estimate of drug-likeness (QED) is 0.759. The minimum atomic E-state index is 0.0569. The molecule has 0 radical (unpaired) electrons. The summed E-state index contributed by atoms with van der Waals surface area (Å²) in [6.45, 7) is 10.9. The minimum absolute atomic E-state index is 0.0569. The summed E-state index contributed by atoms with van der Waals surface area (Å²) in [7, 11) is 0. The lowest BCUT2D eigenvalue weighted by Crippen LogP contribution is -2.12. The van der Waals surface area contributed by atoms with Crippen molar-refractivity contribution < 1.29 is 0 Å². The van der Waals surface area contributed by atoms with Gasteiger partial charge < -0.3 is 0 Å². The molecule has 0 amide bonds.